The van der Waals surface area contributed by atoms with Gasteiger partial charge in [-0.25, -0.2) is 9.37 Å². The molecule has 1 aliphatic heterocycles. The predicted molar refractivity (Wildman–Crippen MR) is 80.3 cm³/mol. The van der Waals surface area contributed by atoms with Crippen molar-refractivity contribution in [1.29, 1.82) is 0 Å². The lowest BCUT2D eigenvalue weighted by Gasteiger charge is -2.28. The lowest BCUT2D eigenvalue weighted by atomic mass is 10.1. The molecule has 0 amide bonds. The summed E-state index contributed by atoms with van der Waals surface area (Å²) in [6.45, 7) is 1.66. The van der Waals surface area contributed by atoms with E-state index in [1.54, 1.807) is 6.20 Å². The standard InChI is InChI=1S/C14H13FN4O2S/c15-12-2-1-11(19(20)21)5-9(12)7-18-4-3-13-10(8-18)6-16-14(22)17-13/h1-2,5-6H,3-4,7-8H2,(H,16,17,22). The summed E-state index contributed by atoms with van der Waals surface area (Å²) in [5.41, 5.74) is 2.30. The quantitative estimate of drug-likeness (QED) is 0.535. The van der Waals surface area contributed by atoms with Gasteiger partial charge in [-0.15, -0.1) is 0 Å². The average Bonchev–Trinajstić information content (AvgIpc) is 2.49. The monoisotopic (exact) mass is 320 g/mol. The van der Waals surface area contributed by atoms with E-state index < -0.39 is 10.7 Å². The molecule has 1 aromatic heterocycles. The van der Waals surface area contributed by atoms with E-state index in [1.165, 1.54) is 12.1 Å². The first-order chi connectivity index (χ1) is 10.5. The Morgan fingerprint density at radius 1 is 1.50 bits per heavy atom. The largest absolute Gasteiger partial charge is 0.334 e. The molecule has 22 heavy (non-hydrogen) atoms. The molecule has 1 aromatic carbocycles. The van der Waals surface area contributed by atoms with E-state index in [0.717, 1.165) is 30.3 Å². The van der Waals surface area contributed by atoms with Gasteiger partial charge in [0.25, 0.3) is 5.69 Å². The van der Waals surface area contributed by atoms with Crippen LogP contribution in [0.5, 0.6) is 0 Å². The molecule has 1 aliphatic rings. The fourth-order valence-corrected chi connectivity index (χ4v) is 2.75. The third-order valence-electron chi connectivity index (χ3n) is 3.69. The number of aromatic nitrogens is 2. The van der Waals surface area contributed by atoms with Crippen molar-refractivity contribution in [2.45, 2.75) is 19.5 Å². The minimum Gasteiger partial charge on any atom is -0.334 e. The van der Waals surface area contributed by atoms with Gasteiger partial charge in [-0.3, -0.25) is 15.0 Å². The number of benzene rings is 1. The number of hydrogen-bond acceptors (Lipinski definition) is 5. The summed E-state index contributed by atoms with van der Waals surface area (Å²) in [6, 6.07) is 3.61. The third-order valence-corrected chi connectivity index (χ3v) is 3.90. The van der Waals surface area contributed by atoms with Crippen LogP contribution in [0.15, 0.2) is 24.4 Å². The first-order valence-corrected chi connectivity index (χ1v) is 7.16. The van der Waals surface area contributed by atoms with Gasteiger partial charge >= 0.3 is 0 Å². The zero-order chi connectivity index (χ0) is 15.7. The van der Waals surface area contributed by atoms with E-state index in [1.807, 2.05) is 4.90 Å². The number of nitro groups is 1. The highest BCUT2D eigenvalue weighted by atomic mass is 32.1. The van der Waals surface area contributed by atoms with Crippen LogP contribution in [0.4, 0.5) is 10.1 Å². The molecule has 2 aromatic rings. The maximum Gasteiger partial charge on any atom is 0.269 e. The number of nitrogens with one attached hydrogen (secondary N) is 1. The molecule has 0 spiro atoms. The molecule has 2 heterocycles. The summed E-state index contributed by atoms with van der Waals surface area (Å²) in [5.74, 6) is -0.429. The summed E-state index contributed by atoms with van der Waals surface area (Å²) in [6.07, 6.45) is 2.49. The van der Waals surface area contributed by atoms with Crippen LogP contribution < -0.4 is 0 Å². The van der Waals surface area contributed by atoms with Crippen LogP contribution in [0, 0.1) is 20.7 Å². The van der Waals surface area contributed by atoms with Crippen LogP contribution >= 0.6 is 12.2 Å². The topological polar surface area (TPSA) is 75.1 Å². The summed E-state index contributed by atoms with van der Waals surface area (Å²) in [5, 5.41) is 10.8. The Hall–Kier alpha value is -2.19. The SMILES string of the molecule is O=[N+]([O-])c1ccc(F)c(CN2CCc3[nH]c(=S)ncc3C2)c1. The number of non-ortho nitro benzene ring substituents is 1. The van der Waals surface area contributed by atoms with Crippen molar-refractivity contribution in [3.8, 4) is 0 Å². The van der Waals surface area contributed by atoms with Crippen LogP contribution in [-0.2, 0) is 19.5 Å². The van der Waals surface area contributed by atoms with Crippen LogP contribution in [0.25, 0.3) is 0 Å². The number of aromatic amines is 1. The fraction of sp³-hybridized carbons (Fsp3) is 0.286. The lowest BCUT2D eigenvalue weighted by molar-refractivity contribution is -0.385. The molecule has 0 saturated carbocycles. The number of nitro benzene ring substituents is 1. The first kappa shape index (κ1) is 14.7. The molecule has 0 atom stereocenters. The highest BCUT2D eigenvalue weighted by molar-refractivity contribution is 7.71. The van der Waals surface area contributed by atoms with Crippen LogP contribution in [0.2, 0.25) is 0 Å². The Kier molecular flexibility index (Phi) is 3.95. The van der Waals surface area contributed by atoms with Gasteiger partial charge < -0.3 is 4.98 Å². The smallest absolute Gasteiger partial charge is 0.269 e. The molecular weight excluding hydrogens is 307 g/mol. The van der Waals surface area contributed by atoms with Gasteiger partial charge in [0.15, 0.2) is 4.77 Å². The minimum atomic E-state index is -0.515. The zero-order valence-corrected chi connectivity index (χ0v) is 12.4. The Labute approximate surface area is 130 Å². The molecule has 1 N–H and O–H groups in total. The maximum absolute atomic E-state index is 13.9. The van der Waals surface area contributed by atoms with E-state index in [4.69, 9.17) is 12.2 Å². The summed E-state index contributed by atoms with van der Waals surface area (Å²) in [4.78, 5) is 19.4. The molecule has 8 heteroatoms. The number of halogens is 1. The molecule has 0 radical (unpaired) electrons. The van der Waals surface area contributed by atoms with Crippen molar-refractivity contribution in [3.63, 3.8) is 0 Å². The van der Waals surface area contributed by atoms with Gasteiger partial charge in [0.1, 0.15) is 5.82 Å². The second-order valence-electron chi connectivity index (χ2n) is 5.19. The number of H-pyrrole nitrogens is 1. The second-order valence-corrected chi connectivity index (χ2v) is 5.57. The predicted octanol–water partition coefficient (Wildman–Crippen LogP) is 2.74. The van der Waals surface area contributed by atoms with Crippen molar-refractivity contribution in [2.75, 3.05) is 6.54 Å². The van der Waals surface area contributed by atoms with Crippen molar-refractivity contribution in [2.24, 2.45) is 0 Å². The van der Waals surface area contributed by atoms with Crippen molar-refractivity contribution in [3.05, 3.63) is 61.9 Å². The summed E-state index contributed by atoms with van der Waals surface area (Å²) in [7, 11) is 0. The summed E-state index contributed by atoms with van der Waals surface area (Å²) >= 11 is 4.99. The Balaban J connectivity index is 1.80. The van der Waals surface area contributed by atoms with Crippen LogP contribution in [0.1, 0.15) is 16.8 Å². The fourth-order valence-electron chi connectivity index (χ4n) is 2.58. The zero-order valence-electron chi connectivity index (χ0n) is 11.6. The average molecular weight is 320 g/mol. The van der Waals surface area contributed by atoms with Crippen molar-refractivity contribution < 1.29 is 9.31 Å². The first-order valence-electron chi connectivity index (χ1n) is 6.75. The molecule has 6 nitrogen and oxygen atoms in total. The van der Waals surface area contributed by atoms with Gasteiger partial charge in [0, 0.05) is 61.2 Å². The van der Waals surface area contributed by atoms with Gasteiger partial charge in [-0.1, -0.05) is 0 Å². The van der Waals surface area contributed by atoms with Crippen LogP contribution in [-0.4, -0.2) is 26.3 Å². The Bertz CT molecular complexity index is 793. The molecule has 0 fully saturated rings. The highest BCUT2D eigenvalue weighted by Crippen LogP contribution is 2.22. The van der Waals surface area contributed by atoms with Gasteiger partial charge in [-0.05, 0) is 18.3 Å². The molecule has 0 saturated heterocycles. The van der Waals surface area contributed by atoms with E-state index >= 15 is 0 Å². The third kappa shape index (κ3) is 3.02. The molecule has 0 aliphatic carbocycles. The normalized spacial score (nSPS) is 14.6. The number of nitrogens with zero attached hydrogens (tertiary/aromatic N) is 3. The highest BCUT2D eigenvalue weighted by Gasteiger charge is 2.19. The number of rotatable bonds is 3. The van der Waals surface area contributed by atoms with E-state index in [-0.39, 0.29) is 5.69 Å². The molecule has 0 unspecified atom stereocenters. The Morgan fingerprint density at radius 2 is 2.32 bits per heavy atom. The molecule has 3 rings (SSSR count). The molecular formula is C14H13FN4O2S. The van der Waals surface area contributed by atoms with E-state index in [0.29, 0.717) is 23.4 Å². The van der Waals surface area contributed by atoms with Crippen molar-refractivity contribution >= 4 is 17.9 Å². The van der Waals surface area contributed by atoms with Gasteiger partial charge in [-0.2, -0.15) is 0 Å². The van der Waals surface area contributed by atoms with Gasteiger partial charge in [0.05, 0.1) is 4.92 Å². The molecule has 0 bridgehead atoms. The second kappa shape index (κ2) is 5.90. The van der Waals surface area contributed by atoms with Gasteiger partial charge in [0.2, 0.25) is 0 Å². The lowest BCUT2D eigenvalue weighted by Crippen LogP contribution is -2.31. The number of fused-ring (bicyclic) bond motifs is 1. The number of hydrogen-bond donors (Lipinski definition) is 1. The Morgan fingerprint density at radius 3 is 3.09 bits per heavy atom. The molecule has 114 valence electrons. The van der Waals surface area contributed by atoms with Crippen LogP contribution in [0.3, 0.4) is 0 Å². The van der Waals surface area contributed by atoms with E-state index in [9.17, 15) is 14.5 Å². The summed E-state index contributed by atoms with van der Waals surface area (Å²) < 4.78 is 14.3. The van der Waals surface area contributed by atoms with E-state index in [2.05, 4.69) is 9.97 Å². The van der Waals surface area contributed by atoms with Crippen molar-refractivity contribution in [1.82, 2.24) is 14.9 Å². The maximum atomic E-state index is 13.9. The minimum absolute atomic E-state index is 0.0976.